The van der Waals surface area contributed by atoms with Crippen LogP contribution >= 0.6 is 0 Å². The third-order valence-corrected chi connectivity index (χ3v) is 4.40. The lowest BCUT2D eigenvalue weighted by Crippen LogP contribution is -2.48. The molecule has 3 heteroatoms. The first kappa shape index (κ1) is 15.9. The van der Waals surface area contributed by atoms with E-state index >= 15 is 0 Å². The van der Waals surface area contributed by atoms with Crippen LogP contribution in [0, 0.1) is 0 Å². The van der Waals surface area contributed by atoms with Gasteiger partial charge in [-0.15, -0.1) is 0 Å². The summed E-state index contributed by atoms with van der Waals surface area (Å²) in [5.74, 6) is 0. The van der Waals surface area contributed by atoms with Crippen LogP contribution < -0.4 is 5.32 Å². The number of likely N-dealkylation sites (tertiary alicyclic amines) is 1. The summed E-state index contributed by atoms with van der Waals surface area (Å²) in [6.45, 7) is 8.09. The first-order chi connectivity index (χ1) is 8.60. The molecule has 1 fully saturated rings. The summed E-state index contributed by atoms with van der Waals surface area (Å²) in [6, 6.07) is 0.424. The Morgan fingerprint density at radius 3 is 2.17 bits per heavy atom. The van der Waals surface area contributed by atoms with Gasteiger partial charge >= 0.3 is 0 Å². The molecule has 0 aromatic heterocycles. The summed E-state index contributed by atoms with van der Waals surface area (Å²) in [6.07, 6.45) is 8.17. The lowest BCUT2D eigenvalue weighted by Gasteiger charge is -2.35. The summed E-state index contributed by atoms with van der Waals surface area (Å²) in [5.41, 5.74) is -0.0858. The molecule has 0 bridgehead atoms. The first-order valence-corrected chi connectivity index (χ1v) is 7.55. The van der Waals surface area contributed by atoms with Crippen LogP contribution in [0.1, 0.15) is 52.4 Å². The number of nitrogens with one attached hydrogen (secondary N) is 1. The summed E-state index contributed by atoms with van der Waals surface area (Å²) >= 11 is 0. The van der Waals surface area contributed by atoms with Crippen molar-refractivity contribution in [3.63, 3.8) is 0 Å². The molecule has 108 valence electrons. The van der Waals surface area contributed by atoms with Gasteiger partial charge in [-0.2, -0.15) is 0 Å². The highest BCUT2D eigenvalue weighted by atomic mass is 16.5. The minimum atomic E-state index is -0.0858. The maximum atomic E-state index is 5.59. The molecule has 1 unspecified atom stereocenters. The molecular formula is C15H32N2O. The zero-order valence-electron chi connectivity index (χ0n) is 12.8. The van der Waals surface area contributed by atoms with E-state index in [2.05, 4.69) is 24.1 Å². The SMILES string of the molecule is CNC(CCN1CCCCCCC1)C(C)(C)OC. The molecule has 1 atom stereocenters. The minimum absolute atomic E-state index is 0.0858. The second-order valence-corrected chi connectivity index (χ2v) is 6.05. The van der Waals surface area contributed by atoms with E-state index in [0.717, 1.165) is 6.42 Å². The normalized spacial score (nSPS) is 21.3. The van der Waals surface area contributed by atoms with Gasteiger partial charge in [0.25, 0.3) is 0 Å². The molecular weight excluding hydrogens is 224 g/mol. The van der Waals surface area contributed by atoms with Crippen molar-refractivity contribution >= 4 is 0 Å². The molecule has 0 aromatic rings. The van der Waals surface area contributed by atoms with E-state index in [4.69, 9.17) is 4.74 Å². The minimum Gasteiger partial charge on any atom is -0.377 e. The maximum Gasteiger partial charge on any atom is 0.0775 e. The Hall–Kier alpha value is -0.120. The van der Waals surface area contributed by atoms with Crippen molar-refractivity contribution < 1.29 is 4.74 Å². The molecule has 1 saturated heterocycles. The van der Waals surface area contributed by atoms with E-state index in [-0.39, 0.29) is 5.60 Å². The van der Waals surface area contributed by atoms with Crippen LogP contribution in [0.4, 0.5) is 0 Å². The molecule has 0 saturated carbocycles. The Balaban J connectivity index is 2.36. The van der Waals surface area contributed by atoms with Crippen LogP contribution in [0.25, 0.3) is 0 Å². The molecule has 0 aromatic carbocycles. The molecule has 1 rings (SSSR count). The van der Waals surface area contributed by atoms with Gasteiger partial charge in [0.2, 0.25) is 0 Å². The van der Waals surface area contributed by atoms with Gasteiger partial charge in [-0.1, -0.05) is 19.3 Å². The monoisotopic (exact) mass is 256 g/mol. The fourth-order valence-corrected chi connectivity index (χ4v) is 2.83. The molecule has 0 amide bonds. The van der Waals surface area contributed by atoms with E-state index in [0.29, 0.717) is 6.04 Å². The largest absolute Gasteiger partial charge is 0.377 e. The Morgan fingerprint density at radius 2 is 1.67 bits per heavy atom. The number of hydrogen-bond acceptors (Lipinski definition) is 3. The topological polar surface area (TPSA) is 24.5 Å². The zero-order chi connectivity index (χ0) is 13.4. The van der Waals surface area contributed by atoms with Crippen molar-refractivity contribution in [2.24, 2.45) is 0 Å². The molecule has 0 radical (unpaired) electrons. The van der Waals surface area contributed by atoms with E-state index in [9.17, 15) is 0 Å². The standard InChI is InChI=1S/C15H32N2O/c1-15(2,18-4)14(16-3)10-13-17-11-8-6-5-7-9-12-17/h14,16H,5-13H2,1-4H3. The molecule has 0 aliphatic carbocycles. The number of ether oxygens (including phenoxy) is 1. The van der Waals surface area contributed by atoms with Crippen LogP contribution in [0.3, 0.4) is 0 Å². The highest BCUT2D eigenvalue weighted by molar-refractivity contribution is 4.85. The summed E-state index contributed by atoms with van der Waals surface area (Å²) in [4.78, 5) is 2.63. The molecule has 0 spiro atoms. The van der Waals surface area contributed by atoms with Crippen LogP contribution in [-0.2, 0) is 4.74 Å². The Kier molecular flexibility index (Phi) is 7.20. The number of nitrogens with zero attached hydrogens (tertiary/aromatic N) is 1. The van der Waals surface area contributed by atoms with Gasteiger partial charge in [-0.3, -0.25) is 0 Å². The van der Waals surface area contributed by atoms with Crippen LogP contribution in [0.5, 0.6) is 0 Å². The van der Waals surface area contributed by atoms with E-state index in [1.54, 1.807) is 7.11 Å². The fourth-order valence-electron chi connectivity index (χ4n) is 2.83. The number of rotatable bonds is 6. The van der Waals surface area contributed by atoms with Crippen molar-refractivity contribution in [3.05, 3.63) is 0 Å². The molecule has 3 nitrogen and oxygen atoms in total. The van der Waals surface area contributed by atoms with Crippen molar-refractivity contribution in [1.82, 2.24) is 10.2 Å². The van der Waals surface area contributed by atoms with E-state index < -0.39 is 0 Å². The summed E-state index contributed by atoms with van der Waals surface area (Å²) in [5, 5.41) is 3.41. The predicted octanol–water partition coefficient (Wildman–Crippen LogP) is 2.66. The third-order valence-electron chi connectivity index (χ3n) is 4.40. The smallest absolute Gasteiger partial charge is 0.0775 e. The molecule has 18 heavy (non-hydrogen) atoms. The van der Waals surface area contributed by atoms with Crippen LogP contribution in [0.15, 0.2) is 0 Å². The van der Waals surface area contributed by atoms with Gasteiger partial charge < -0.3 is 15.0 Å². The summed E-state index contributed by atoms with van der Waals surface area (Å²) in [7, 11) is 3.85. The highest BCUT2D eigenvalue weighted by Crippen LogP contribution is 2.18. The van der Waals surface area contributed by atoms with Crippen molar-refractivity contribution in [3.8, 4) is 0 Å². The maximum absolute atomic E-state index is 5.59. The average Bonchev–Trinajstić information content (AvgIpc) is 2.31. The second kappa shape index (κ2) is 8.13. The Bertz CT molecular complexity index is 211. The number of likely N-dealkylation sites (N-methyl/N-ethyl adjacent to an activating group) is 1. The van der Waals surface area contributed by atoms with Gasteiger partial charge in [-0.05, 0) is 59.8 Å². The summed E-state index contributed by atoms with van der Waals surface area (Å²) < 4.78 is 5.59. The number of methoxy groups -OCH3 is 1. The molecule has 1 aliphatic heterocycles. The van der Waals surface area contributed by atoms with Crippen molar-refractivity contribution in [2.45, 2.75) is 64.0 Å². The quantitative estimate of drug-likeness (QED) is 0.791. The van der Waals surface area contributed by atoms with Crippen molar-refractivity contribution in [1.29, 1.82) is 0 Å². The molecule has 1 heterocycles. The molecule has 1 N–H and O–H groups in total. The lowest BCUT2D eigenvalue weighted by atomic mass is 9.95. The fraction of sp³-hybridized carbons (Fsp3) is 1.00. The van der Waals surface area contributed by atoms with E-state index in [1.165, 1.54) is 51.7 Å². The van der Waals surface area contributed by atoms with Gasteiger partial charge in [0.1, 0.15) is 0 Å². The highest BCUT2D eigenvalue weighted by Gasteiger charge is 2.28. The predicted molar refractivity (Wildman–Crippen MR) is 78.1 cm³/mol. The van der Waals surface area contributed by atoms with Crippen LogP contribution in [0.2, 0.25) is 0 Å². The van der Waals surface area contributed by atoms with Crippen LogP contribution in [-0.4, -0.2) is 50.3 Å². The third kappa shape index (κ3) is 5.25. The Labute approximate surface area is 113 Å². The average molecular weight is 256 g/mol. The van der Waals surface area contributed by atoms with Crippen molar-refractivity contribution in [2.75, 3.05) is 33.8 Å². The van der Waals surface area contributed by atoms with Gasteiger partial charge in [-0.25, -0.2) is 0 Å². The van der Waals surface area contributed by atoms with Gasteiger partial charge in [0, 0.05) is 13.2 Å². The van der Waals surface area contributed by atoms with Gasteiger partial charge in [0.15, 0.2) is 0 Å². The molecule has 1 aliphatic rings. The van der Waals surface area contributed by atoms with Gasteiger partial charge in [0.05, 0.1) is 5.60 Å². The Morgan fingerprint density at radius 1 is 1.11 bits per heavy atom. The lowest BCUT2D eigenvalue weighted by molar-refractivity contribution is -0.0129. The second-order valence-electron chi connectivity index (χ2n) is 6.05. The van der Waals surface area contributed by atoms with E-state index in [1.807, 2.05) is 7.05 Å². The first-order valence-electron chi connectivity index (χ1n) is 7.55. The number of hydrogen-bond donors (Lipinski definition) is 1. The zero-order valence-corrected chi connectivity index (χ0v) is 12.8.